The first-order valence-electron chi connectivity index (χ1n) is 9.66. The van der Waals surface area contributed by atoms with Crippen molar-refractivity contribution >= 4 is 11.8 Å². The fraction of sp³-hybridized carbons (Fsp3) is 0. The summed E-state index contributed by atoms with van der Waals surface area (Å²) in [7, 11) is 0. The molecule has 0 fully saturated rings. The molecule has 0 unspecified atom stereocenters. The highest BCUT2D eigenvalue weighted by Crippen LogP contribution is 2.24. The number of benzene rings is 4. The summed E-state index contributed by atoms with van der Waals surface area (Å²) in [5, 5.41) is 44.4. The number of hydrogen-bond donors (Lipinski definition) is 5. The predicted molar refractivity (Wildman–Crippen MR) is 123 cm³/mol. The lowest BCUT2D eigenvalue weighted by Gasteiger charge is -2.04. The molecule has 7 heteroatoms. The number of phenols is 4. The standard InChI is InChI=1S/C13H10O3.C7H6O2.C6H6O2/c14-10-6-7-11(12(15)8-10)13(16)9-4-2-1-3-5-9;8-7(9)6-4-2-1-3-5-6;7-5-2-1-3-6(8)4-5/h1-8,14-15H;1-5H,(H,8,9);1-4,7-8H. The monoisotopic (exact) mass is 446 g/mol. The fourth-order valence-electron chi connectivity index (χ4n) is 2.53. The second-order valence-electron chi connectivity index (χ2n) is 6.59. The van der Waals surface area contributed by atoms with Crippen molar-refractivity contribution in [2.45, 2.75) is 0 Å². The van der Waals surface area contributed by atoms with Gasteiger partial charge in [-0.3, -0.25) is 4.79 Å². The van der Waals surface area contributed by atoms with Crippen LogP contribution in [0.3, 0.4) is 0 Å². The molecular formula is C26H22O7. The van der Waals surface area contributed by atoms with Crippen molar-refractivity contribution in [3.05, 3.63) is 120 Å². The van der Waals surface area contributed by atoms with Gasteiger partial charge in [-0.15, -0.1) is 0 Å². The van der Waals surface area contributed by atoms with E-state index in [0.717, 1.165) is 6.07 Å². The average molecular weight is 446 g/mol. The second-order valence-corrected chi connectivity index (χ2v) is 6.59. The van der Waals surface area contributed by atoms with Crippen LogP contribution in [0.4, 0.5) is 0 Å². The van der Waals surface area contributed by atoms with Crippen LogP contribution in [0, 0.1) is 0 Å². The molecule has 0 saturated heterocycles. The highest BCUT2D eigenvalue weighted by molar-refractivity contribution is 6.10. The first-order chi connectivity index (χ1) is 15.8. The van der Waals surface area contributed by atoms with E-state index in [2.05, 4.69) is 0 Å². The molecule has 5 N–H and O–H groups in total. The lowest BCUT2D eigenvalue weighted by molar-refractivity contribution is 0.0696. The average Bonchev–Trinajstić information content (AvgIpc) is 2.80. The van der Waals surface area contributed by atoms with Gasteiger partial charge in [0.1, 0.15) is 23.0 Å². The van der Waals surface area contributed by atoms with Gasteiger partial charge in [0.2, 0.25) is 0 Å². The van der Waals surface area contributed by atoms with E-state index in [1.807, 2.05) is 6.07 Å². The van der Waals surface area contributed by atoms with E-state index >= 15 is 0 Å². The van der Waals surface area contributed by atoms with Crippen molar-refractivity contribution < 1.29 is 35.1 Å². The molecule has 0 aliphatic heterocycles. The lowest BCUT2D eigenvalue weighted by atomic mass is 10.0. The van der Waals surface area contributed by atoms with Gasteiger partial charge < -0.3 is 25.5 Å². The molecule has 0 heterocycles. The van der Waals surface area contributed by atoms with Gasteiger partial charge in [0.15, 0.2) is 5.78 Å². The van der Waals surface area contributed by atoms with Crippen LogP contribution < -0.4 is 0 Å². The van der Waals surface area contributed by atoms with Crippen LogP contribution in [0.25, 0.3) is 0 Å². The molecule has 0 aromatic heterocycles. The number of phenolic OH excluding ortho intramolecular Hbond substituents is 4. The van der Waals surface area contributed by atoms with E-state index < -0.39 is 5.97 Å². The van der Waals surface area contributed by atoms with Crippen LogP contribution in [0.2, 0.25) is 0 Å². The maximum Gasteiger partial charge on any atom is 0.335 e. The van der Waals surface area contributed by atoms with Crippen LogP contribution in [-0.2, 0) is 0 Å². The number of carboxylic acid groups (broad SMARTS) is 1. The van der Waals surface area contributed by atoms with Gasteiger partial charge in [0.25, 0.3) is 0 Å². The zero-order valence-corrected chi connectivity index (χ0v) is 17.4. The number of carbonyl (C=O) groups is 2. The molecule has 4 aromatic carbocycles. The summed E-state index contributed by atoms with van der Waals surface area (Å²) in [6, 6.07) is 26.7. The maximum absolute atomic E-state index is 11.9. The fourth-order valence-corrected chi connectivity index (χ4v) is 2.53. The Hall–Kier alpha value is -4.78. The maximum atomic E-state index is 11.9. The summed E-state index contributed by atoms with van der Waals surface area (Å²) in [5.74, 6) is -1.25. The SMILES string of the molecule is O=C(O)c1ccccc1.O=C(c1ccccc1)c1ccc(O)cc1O.Oc1cccc(O)c1. The molecule has 7 nitrogen and oxygen atoms in total. The highest BCUT2D eigenvalue weighted by atomic mass is 16.4. The Morgan fingerprint density at radius 3 is 1.39 bits per heavy atom. The topological polar surface area (TPSA) is 135 Å². The van der Waals surface area contributed by atoms with Crippen molar-refractivity contribution in [1.82, 2.24) is 0 Å². The normalized spacial score (nSPS) is 9.45. The third-order valence-electron chi connectivity index (χ3n) is 4.11. The second kappa shape index (κ2) is 12.2. The summed E-state index contributed by atoms with van der Waals surface area (Å²) in [6.07, 6.45) is 0. The van der Waals surface area contributed by atoms with Gasteiger partial charge in [-0.05, 0) is 36.4 Å². The number of carboxylic acids is 1. The zero-order valence-electron chi connectivity index (χ0n) is 17.4. The molecular weight excluding hydrogens is 424 g/mol. The Kier molecular flexibility index (Phi) is 9.03. The van der Waals surface area contributed by atoms with Crippen LogP contribution in [-0.4, -0.2) is 37.3 Å². The molecule has 0 aliphatic carbocycles. The third-order valence-corrected chi connectivity index (χ3v) is 4.11. The number of carbonyl (C=O) groups excluding carboxylic acids is 1. The van der Waals surface area contributed by atoms with E-state index in [4.69, 9.17) is 20.4 Å². The van der Waals surface area contributed by atoms with E-state index in [0.29, 0.717) is 11.1 Å². The minimum atomic E-state index is -0.879. The number of rotatable bonds is 3. The van der Waals surface area contributed by atoms with E-state index in [-0.39, 0.29) is 34.3 Å². The molecule has 0 bridgehead atoms. The van der Waals surface area contributed by atoms with E-state index in [1.165, 1.54) is 30.3 Å². The molecule has 0 aliphatic rings. The van der Waals surface area contributed by atoms with Gasteiger partial charge in [-0.1, -0.05) is 54.6 Å². The zero-order chi connectivity index (χ0) is 24.2. The van der Waals surface area contributed by atoms with Crippen LogP contribution in [0.5, 0.6) is 23.0 Å². The summed E-state index contributed by atoms with van der Waals surface area (Å²) >= 11 is 0. The Bertz CT molecular complexity index is 1170. The van der Waals surface area contributed by atoms with E-state index in [9.17, 15) is 14.7 Å². The van der Waals surface area contributed by atoms with Crippen LogP contribution in [0.15, 0.2) is 103 Å². The van der Waals surface area contributed by atoms with Crippen molar-refractivity contribution in [2.75, 3.05) is 0 Å². The van der Waals surface area contributed by atoms with E-state index in [1.54, 1.807) is 60.7 Å². The largest absolute Gasteiger partial charge is 0.508 e. The molecule has 0 amide bonds. The predicted octanol–water partition coefficient (Wildman–Crippen LogP) is 4.81. The van der Waals surface area contributed by atoms with Crippen molar-refractivity contribution in [1.29, 1.82) is 0 Å². The van der Waals surface area contributed by atoms with Gasteiger partial charge in [-0.25, -0.2) is 4.79 Å². The van der Waals surface area contributed by atoms with Gasteiger partial charge >= 0.3 is 5.97 Å². The molecule has 33 heavy (non-hydrogen) atoms. The lowest BCUT2D eigenvalue weighted by Crippen LogP contribution is -2.00. The summed E-state index contributed by atoms with van der Waals surface area (Å²) in [6.45, 7) is 0. The first-order valence-corrected chi connectivity index (χ1v) is 9.66. The summed E-state index contributed by atoms with van der Waals surface area (Å²) in [4.78, 5) is 22.1. The molecule has 4 aromatic rings. The minimum absolute atomic E-state index is 0.0675. The Balaban J connectivity index is 0.000000192. The van der Waals surface area contributed by atoms with Crippen molar-refractivity contribution in [3.8, 4) is 23.0 Å². The molecule has 0 radical (unpaired) electrons. The summed E-state index contributed by atoms with van der Waals surface area (Å²) < 4.78 is 0. The Morgan fingerprint density at radius 1 is 0.515 bits per heavy atom. The Morgan fingerprint density at radius 2 is 1.00 bits per heavy atom. The molecule has 168 valence electrons. The summed E-state index contributed by atoms with van der Waals surface area (Å²) in [5.41, 5.74) is 1.02. The Labute approximate surface area is 190 Å². The van der Waals surface area contributed by atoms with Gasteiger partial charge in [-0.2, -0.15) is 0 Å². The number of aromatic carboxylic acids is 1. The van der Waals surface area contributed by atoms with Crippen LogP contribution >= 0.6 is 0 Å². The van der Waals surface area contributed by atoms with Crippen molar-refractivity contribution in [2.24, 2.45) is 0 Å². The van der Waals surface area contributed by atoms with Gasteiger partial charge in [0, 0.05) is 17.7 Å². The molecule has 4 rings (SSSR count). The smallest absolute Gasteiger partial charge is 0.335 e. The van der Waals surface area contributed by atoms with Crippen molar-refractivity contribution in [3.63, 3.8) is 0 Å². The molecule has 0 atom stereocenters. The number of hydrogen-bond acceptors (Lipinski definition) is 6. The first kappa shape index (κ1) is 24.5. The molecule has 0 saturated carbocycles. The van der Waals surface area contributed by atoms with Crippen LogP contribution in [0.1, 0.15) is 26.3 Å². The molecule has 0 spiro atoms. The third kappa shape index (κ3) is 8.10. The number of aromatic hydroxyl groups is 4. The van der Waals surface area contributed by atoms with Gasteiger partial charge in [0.05, 0.1) is 11.1 Å². The quantitative estimate of drug-likeness (QED) is 0.285. The minimum Gasteiger partial charge on any atom is -0.508 e. The number of ketones is 1. The highest BCUT2D eigenvalue weighted by Gasteiger charge is 2.13.